The van der Waals surface area contributed by atoms with Gasteiger partial charge in [-0.25, -0.2) is 0 Å². The molecule has 2 heterocycles. The summed E-state index contributed by atoms with van der Waals surface area (Å²) in [5.41, 5.74) is 3.64. The van der Waals surface area contributed by atoms with Crippen molar-refractivity contribution in [3.8, 4) is 11.4 Å². The molecule has 0 fully saturated rings. The van der Waals surface area contributed by atoms with Crippen LogP contribution in [0.25, 0.3) is 16.5 Å². The second kappa shape index (κ2) is 13.1. The Morgan fingerprint density at radius 3 is 2.49 bits per heavy atom. The monoisotopic (exact) mass is 666 g/mol. The molecule has 6 rings (SSSR count). The molecule has 1 aliphatic heterocycles. The van der Waals surface area contributed by atoms with Crippen LogP contribution in [0, 0.1) is 6.92 Å². The predicted molar refractivity (Wildman–Crippen MR) is 186 cm³/mol. The number of hydrogen-bond donors (Lipinski definition) is 3. The zero-order chi connectivity index (χ0) is 33.3. The largest absolute Gasteiger partial charge is 0.497 e. The molecule has 0 saturated heterocycles. The lowest BCUT2D eigenvalue weighted by Gasteiger charge is -2.18. The molecule has 1 aliphatic rings. The number of halogens is 1. The molecule has 5 aromatic rings. The van der Waals surface area contributed by atoms with Crippen molar-refractivity contribution < 1.29 is 19.1 Å². The molecule has 1 unspecified atom stereocenters. The number of carbonyl (C=O) groups excluding carboxylic acids is 2. The van der Waals surface area contributed by atoms with Crippen molar-refractivity contribution in [3.05, 3.63) is 112 Å². The van der Waals surface area contributed by atoms with E-state index in [0.29, 0.717) is 33.7 Å². The quantitative estimate of drug-likeness (QED) is 0.155. The number of benzene rings is 4. The molecule has 2 amide bonds. The van der Waals surface area contributed by atoms with E-state index in [2.05, 4.69) is 20.8 Å². The first-order valence-corrected chi connectivity index (χ1v) is 18.6. The van der Waals surface area contributed by atoms with Crippen molar-refractivity contribution >= 4 is 53.4 Å². The van der Waals surface area contributed by atoms with E-state index in [1.54, 1.807) is 25.3 Å². The number of hydrogen-bond acceptors (Lipinski definition) is 7. The van der Waals surface area contributed by atoms with Crippen LogP contribution in [0.5, 0.6) is 5.75 Å². The first-order chi connectivity index (χ1) is 22.5. The third kappa shape index (κ3) is 6.69. The van der Waals surface area contributed by atoms with Crippen LogP contribution in [0.1, 0.15) is 45.6 Å². The Kier molecular flexibility index (Phi) is 8.96. The molecule has 0 spiro atoms. The number of methoxy groups -OCH3 is 1. The maximum absolute atomic E-state index is 13.3. The summed E-state index contributed by atoms with van der Waals surface area (Å²) in [7, 11) is -0.989. The summed E-state index contributed by atoms with van der Waals surface area (Å²) in [6, 6.07) is 23.8. The van der Waals surface area contributed by atoms with Gasteiger partial charge in [0.1, 0.15) is 17.6 Å². The van der Waals surface area contributed by atoms with Gasteiger partial charge in [0.25, 0.3) is 5.91 Å². The molecule has 1 atom stereocenters. The minimum Gasteiger partial charge on any atom is -0.497 e. The number of nitrogens with one attached hydrogen (secondary N) is 2. The molecule has 0 bridgehead atoms. The predicted octanol–water partition coefficient (Wildman–Crippen LogP) is 4.62. The van der Waals surface area contributed by atoms with E-state index in [1.807, 2.05) is 85.2 Å². The number of carbonyl (C=O) groups is 2. The minimum absolute atomic E-state index is 0.0164. The fourth-order valence-corrected chi connectivity index (χ4v) is 7.36. The van der Waals surface area contributed by atoms with Crippen LogP contribution in [0.2, 0.25) is 18.1 Å². The van der Waals surface area contributed by atoms with Crippen molar-refractivity contribution in [1.82, 2.24) is 25.4 Å². The minimum atomic E-state index is -2.60. The first kappa shape index (κ1) is 32.1. The zero-order valence-corrected chi connectivity index (χ0v) is 28.3. The molecule has 3 N–H and O–H groups in total. The average Bonchev–Trinajstić information content (AvgIpc) is 3.38. The highest BCUT2D eigenvalue weighted by molar-refractivity contribution is 6.85. The molecule has 47 heavy (non-hydrogen) atoms. The second-order valence-corrected chi connectivity index (χ2v) is 16.0. The van der Waals surface area contributed by atoms with Crippen LogP contribution in [-0.2, 0) is 4.79 Å². The van der Waals surface area contributed by atoms with Crippen LogP contribution in [0.4, 0.5) is 0 Å². The average molecular weight is 667 g/mol. The Labute approximate surface area is 278 Å². The van der Waals surface area contributed by atoms with Crippen LogP contribution in [0.3, 0.4) is 0 Å². The van der Waals surface area contributed by atoms with E-state index in [4.69, 9.17) is 21.3 Å². The standard InChI is InChI=1S/C35H35ClN6O4Si/c1-21-40-41-34-29(39-33(23-10-12-25(36)13-11-23)28-19-26(46-2)14-15-30(28)42(21)34)20-32(43)37-16-17-38-35(44)24-9-8-22-6-5-7-31(27(22)18-24)47(3,4)45/h5-15,18-19,29,45H,16-17,20H2,1-4H3,(H,37,43)(H,38,44). The van der Waals surface area contributed by atoms with Gasteiger partial charge < -0.3 is 20.2 Å². The number of aliphatic imine (C=N–C) groups is 1. The fraction of sp³-hybridized carbons (Fsp3) is 0.229. The number of aromatic nitrogens is 3. The summed E-state index contributed by atoms with van der Waals surface area (Å²) < 4.78 is 7.46. The lowest BCUT2D eigenvalue weighted by Crippen LogP contribution is -2.41. The van der Waals surface area contributed by atoms with E-state index < -0.39 is 14.4 Å². The van der Waals surface area contributed by atoms with Crippen LogP contribution < -0.4 is 20.6 Å². The number of nitrogens with zero attached hydrogens (tertiary/aromatic N) is 4. The Morgan fingerprint density at radius 1 is 0.979 bits per heavy atom. The van der Waals surface area contributed by atoms with E-state index >= 15 is 0 Å². The molecular formula is C35H35ClN6O4Si. The molecule has 1 aromatic heterocycles. The summed E-state index contributed by atoms with van der Waals surface area (Å²) in [6.45, 7) is 6.04. The van der Waals surface area contributed by atoms with Gasteiger partial charge in [-0.3, -0.25) is 19.1 Å². The molecule has 0 saturated carbocycles. The topological polar surface area (TPSA) is 131 Å². The van der Waals surface area contributed by atoms with Crippen molar-refractivity contribution in [1.29, 1.82) is 0 Å². The molecule has 0 radical (unpaired) electrons. The van der Waals surface area contributed by atoms with Gasteiger partial charge in [-0.05, 0) is 78.4 Å². The lowest BCUT2D eigenvalue weighted by molar-refractivity contribution is -0.121. The number of amides is 2. The van der Waals surface area contributed by atoms with E-state index in [-0.39, 0.29) is 31.3 Å². The Morgan fingerprint density at radius 2 is 1.74 bits per heavy atom. The highest BCUT2D eigenvalue weighted by atomic mass is 35.5. The molecular weight excluding hydrogens is 632 g/mol. The van der Waals surface area contributed by atoms with E-state index in [0.717, 1.165) is 32.8 Å². The summed E-state index contributed by atoms with van der Waals surface area (Å²) in [6.07, 6.45) is 0.0164. The van der Waals surface area contributed by atoms with Gasteiger partial charge in [-0.1, -0.05) is 48.0 Å². The van der Waals surface area contributed by atoms with Crippen LogP contribution in [0.15, 0.2) is 83.9 Å². The number of rotatable bonds is 9. The third-order valence-electron chi connectivity index (χ3n) is 8.17. The third-order valence-corrected chi connectivity index (χ3v) is 10.2. The highest BCUT2D eigenvalue weighted by Crippen LogP contribution is 2.34. The van der Waals surface area contributed by atoms with Crippen molar-refractivity contribution in [2.45, 2.75) is 32.5 Å². The van der Waals surface area contributed by atoms with E-state index in [9.17, 15) is 14.4 Å². The number of ether oxygens (including phenoxy) is 1. The molecule has 10 nitrogen and oxygen atoms in total. The van der Waals surface area contributed by atoms with Gasteiger partial charge in [0.05, 0.1) is 24.9 Å². The number of aryl methyl sites for hydroxylation is 1. The molecule has 12 heteroatoms. The lowest BCUT2D eigenvalue weighted by atomic mass is 10.00. The Bertz CT molecular complexity index is 2020. The van der Waals surface area contributed by atoms with Crippen molar-refractivity contribution in [3.63, 3.8) is 0 Å². The first-order valence-electron chi connectivity index (χ1n) is 15.3. The van der Waals surface area contributed by atoms with Gasteiger partial charge in [-0.15, -0.1) is 10.2 Å². The summed E-state index contributed by atoms with van der Waals surface area (Å²) in [5.74, 6) is 1.37. The summed E-state index contributed by atoms with van der Waals surface area (Å²) in [4.78, 5) is 42.1. The zero-order valence-electron chi connectivity index (χ0n) is 26.5. The highest BCUT2D eigenvalue weighted by Gasteiger charge is 2.30. The smallest absolute Gasteiger partial charge is 0.251 e. The van der Waals surface area contributed by atoms with Gasteiger partial charge in [0.15, 0.2) is 5.82 Å². The van der Waals surface area contributed by atoms with Gasteiger partial charge in [0, 0.05) is 34.8 Å². The molecule has 0 aliphatic carbocycles. The Hall–Kier alpha value is -4.84. The SMILES string of the molecule is COc1ccc2c(c1)C(c1ccc(Cl)cc1)=NC(CC(=O)NCCNC(=O)c1ccc3cccc([Si](C)(C)O)c3c1)c1nnc(C)n1-2. The van der Waals surface area contributed by atoms with E-state index in [1.165, 1.54) is 0 Å². The number of fused-ring (bicyclic) bond motifs is 4. The maximum atomic E-state index is 13.3. The molecule has 240 valence electrons. The maximum Gasteiger partial charge on any atom is 0.251 e. The molecule has 4 aromatic carbocycles. The summed E-state index contributed by atoms with van der Waals surface area (Å²) >= 11 is 6.20. The van der Waals surface area contributed by atoms with Crippen molar-refractivity contribution in [2.75, 3.05) is 20.2 Å². The Balaban J connectivity index is 1.18. The van der Waals surface area contributed by atoms with Crippen LogP contribution >= 0.6 is 11.6 Å². The van der Waals surface area contributed by atoms with Gasteiger partial charge in [0.2, 0.25) is 14.2 Å². The fourth-order valence-electron chi connectivity index (χ4n) is 5.85. The van der Waals surface area contributed by atoms with Crippen molar-refractivity contribution in [2.24, 2.45) is 4.99 Å². The summed E-state index contributed by atoms with van der Waals surface area (Å²) in [5, 5.41) is 17.9. The van der Waals surface area contributed by atoms with Gasteiger partial charge in [-0.2, -0.15) is 0 Å². The van der Waals surface area contributed by atoms with Gasteiger partial charge >= 0.3 is 0 Å². The second-order valence-electron chi connectivity index (χ2n) is 11.9. The van der Waals surface area contributed by atoms with Crippen LogP contribution in [-0.4, -0.2) is 65.6 Å². The normalized spacial score (nSPS) is 14.1.